The Balaban J connectivity index is 2.45. The van der Waals surface area contributed by atoms with E-state index in [1.807, 2.05) is 0 Å². The van der Waals surface area contributed by atoms with Crippen molar-refractivity contribution in [3.63, 3.8) is 0 Å². The van der Waals surface area contributed by atoms with Gasteiger partial charge >= 0.3 is 5.69 Å². The number of methoxy groups -OCH3 is 1. The summed E-state index contributed by atoms with van der Waals surface area (Å²) in [5, 5.41) is 11.1. The molecular weight excluding hydrogens is 274 g/mol. The van der Waals surface area contributed by atoms with E-state index in [2.05, 4.69) is 4.98 Å². The smallest absolute Gasteiger partial charge is 0.311 e. The third-order valence-corrected chi connectivity index (χ3v) is 2.86. The van der Waals surface area contributed by atoms with Crippen LogP contribution in [0.4, 0.5) is 5.69 Å². The Morgan fingerprint density at radius 2 is 2.14 bits per heavy atom. The summed E-state index contributed by atoms with van der Waals surface area (Å²) < 4.78 is 10.7. The normalized spacial score (nSPS) is 11.8. The van der Waals surface area contributed by atoms with Crippen LogP contribution in [0.2, 0.25) is 0 Å². The average Bonchev–Trinajstić information content (AvgIpc) is 2.47. The molecule has 21 heavy (non-hydrogen) atoms. The maximum atomic E-state index is 11.1. The molecule has 110 valence electrons. The summed E-state index contributed by atoms with van der Waals surface area (Å²) in [6.07, 6.45) is 1.53. The predicted molar refractivity (Wildman–Crippen MR) is 76.6 cm³/mol. The minimum absolute atomic E-state index is 0.0555. The molecule has 0 unspecified atom stereocenters. The van der Waals surface area contributed by atoms with Gasteiger partial charge in [-0.15, -0.1) is 0 Å². The van der Waals surface area contributed by atoms with Crippen molar-refractivity contribution in [1.29, 1.82) is 0 Å². The first-order valence-electron chi connectivity index (χ1n) is 6.23. The van der Waals surface area contributed by atoms with Gasteiger partial charge < -0.3 is 15.2 Å². The molecule has 0 saturated heterocycles. The molecule has 1 heterocycles. The number of hydrogen-bond acceptors (Lipinski definition) is 6. The molecule has 7 heteroatoms. The number of pyridine rings is 1. The molecule has 0 aliphatic heterocycles. The van der Waals surface area contributed by atoms with Crippen LogP contribution in [0, 0.1) is 10.1 Å². The van der Waals surface area contributed by atoms with E-state index in [4.69, 9.17) is 15.2 Å². The van der Waals surface area contributed by atoms with Gasteiger partial charge in [-0.3, -0.25) is 10.1 Å². The topological polar surface area (TPSA) is 101 Å². The number of aromatic nitrogens is 1. The van der Waals surface area contributed by atoms with Crippen LogP contribution >= 0.6 is 0 Å². The van der Waals surface area contributed by atoms with Crippen LogP contribution < -0.4 is 15.2 Å². The van der Waals surface area contributed by atoms with Crippen LogP contribution in [0.15, 0.2) is 36.5 Å². The van der Waals surface area contributed by atoms with Gasteiger partial charge in [-0.05, 0) is 19.1 Å². The van der Waals surface area contributed by atoms with Gasteiger partial charge in [0.15, 0.2) is 0 Å². The highest BCUT2D eigenvalue weighted by molar-refractivity contribution is 5.52. The van der Waals surface area contributed by atoms with Gasteiger partial charge in [0, 0.05) is 29.9 Å². The van der Waals surface area contributed by atoms with Gasteiger partial charge in [-0.2, -0.15) is 0 Å². The molecule has 0 radical (unpaired) electrons. The van der Waals surface area contributed by atoms with Crippen LogP contribution in [-0.2, 0) is 0 Å². The number of hydrogen-bond donors (Lipinski definition) is 1. The molecule has 0 amide bonds. The lowest BCUT2D eigenvalue weighted by atomic mass is 10.1. The number of benzene rings is 1. The first kappa shape index (κ1) is 14.7. The van der Waals surface area contributed by atoms with Crippen molar-refractivity contribution in [1.82, 2.24) is 4.98 Å². The summed E-state index contributed by atoms with van der Waals surface area (Å²) in [6.45, 7) is 1.78. The number of nitrogens with zero attached hydrogens (tertiary/aromatic N) is 2. The Hall–Kier alpha value is -2.67. The number of nitrogens with two attached hydrogens (primary N) is 1. The molecule has 7 nitrogen and oxygen atoms in total. The van der Waals surface area contributed by atoms with E-state index in [0.717, 1.165) is 0 Å². The van der Waals surface area contributed by atoms with Gasteiger partial charge in [0.2, 0.25) is 11.6 Å². The number of ether oxygens (including phenoxy) is 2. The van der Waals surface area contributed by atoms with E-state index in [1.165, 1.54) is 31.5 Å². The largest absolute Gasteiger partial charge is 0.497 e. The van der Waals surface area contributed by atoms with Gasteiger partial charge in [0.1, 0.15) is 5.75 Å². The minimum Gasteiger partial charge on any atom is -0.497 e. The average molecular weight is 289 g/mol. The van der Waals surface area contributed by atoms with Gasteiger partial charge in [-0.25, -0.2) is 4.98 Å². The summed E-state index contributed by atoms with van der Waals surface area (Å²) in [5.74, 6) is 0.748. The highest BCUT2D eigenvalue weighted by Crippen LogP contribution is 2.35. The second-order valence-electron chi connectivity index (χ2n) is 4.38. The standard InChI is InChI=1S/C14H15N3O4/c1-9(15)11-4-3-7-16-14(11)21-13-8-10(20-2)5-6-12(13)17(18)19/h3-9H,15H2,1-2H3/t9-/m1/s1. The Labute approximate surface area is 121 Å². The third kappa shape index (κ3) is 3.26. The van der Waals surface area contributed by atoms with E-state index in [0.29, 0.717) is 11.3 Å². The van der Waals surface area contributed by atoms with E-state index in [9.17, 15) is 10.1 Å². The fourth-order valence-corrected chi connectivity index (χ4v) is 1.79. The minimum atomic E-state index is -0.525. The Morgan fingerprint density at radius 3 is 2.76 bits per heavy atom. The van der Waals surface area contributed by atoms with E-state index in [1.54, 1.807) is 19.1 Å². The number of rotatable bonds is 5. The summed E-state index contributed by atoms with van der Waals surface area (Å²) in [6, 6.07) is 7.44. The van der Waals surface area contributed by atoms with Crippen molar-refractivity contribution in [2.24, 2.45) is 5.73 Å². The summed E-state index contributed by atoms with van der Waals surface area (Å²) >= 11 is 0. The van der Waals surface area contributed by atoms with Gasteiger partial charge in [-0.1, -0.05) is 6.07 Å². The van der Waals surface area contributed by atoms with Gasteiger partial charge in [0.25, 0.3) is 0 Å². The monoisotopic (exact) mass is 289 g/mol. The lowest BCUT2D eigenvalue weighted by molar-refractivity contribution is -0.385. The molecule has 0 aliphatic carbocycles. The molecule has 1 aromatic carbocycles. The maximum Gasteiger partial charge on any atom is 0.311 e. The van der Waals surface area contributed by atoms with Gasteiger partial charge in [0.05, 0.1) is 12.0 Å². The zero-order valence-electron chi connectivity index (χ0n) is 11.6. The van der Waals surface area contributed by atoms with E-state index >= 15 is 0 Å². The molecule has 0 aliphatic rings. The first-order valence-corrected chi connectivity index (χ1v) is 6.23. The Kier molecular flexibility index (Phi) is 4.34. The van der Waals surface area contributed by atoms with Crippen LogP contribution in [0.25, 0.3) is 0 Å². The van der Waals surface area contributed by atoms with Crippen molar-refractivity contribution in [3.05, 3.63) is 52.2 Å². The van der Waals surface area contributed by atoms with Crippen molar-refractivity contribution in [3.8, 4) is 17.4 Å². The first-order chi connectivity index (χ1) is 10.0. The summed E-state index contributed by atoms with van der Waals surface area (Å²) in [7, 11) is 1.47. The molecule has 0 saturated carbocycles. The molecule has 0 fully saturated rings. The van der Waals surface area contributed by atoms with E-state index in [-0.39, 0.29) is 23.4 Å². The molecule has 1 aromatic heterocycles. The Morgan fingerprint density at radius 1 is 1.38 bits per heavy atom. The fraction of sp³-hybridized carbons (Fsp3) is 0.214. The summed E-state index contributed by atoms with van der Waals surface area (Å²) in [5.41, 5.74) is 6.34. The molecule has 1 atom stereocenters. The van der Waals surface area contributed by atoms with Crippen molar-refractivity contribution < 1.29 is 14.4 Å². The Bertz CT molecular complexity index is 658. The highest BCUT2D eigenvalue weighted by Gasteiger charge is 2.19. The van der Waals surface area contributed by atoms with Crippen LogP contribution in [0.5, 0.6) is 17.4 Å². The lowest BCUT2D eigenvalue weighted by Crippen LogP contribution is -2.07. The molecular formula is C14H15N3O4. The lowest BCUT2D eigenvalue weighted by Gasteiger charge is -2.12. The second kappa shape index (κ2) is 6.19. The quantitative estimate of drug-likeness (QED) is 0.671. The number of nitro groups is 1. The zero-order valence-corrected chi connectivity index (χ0v) is 11.6. The SMILES string of the molecule is COc1ccc([N+](=O)[O-])c(Oc2ncccc2[C@@H](C)N)c1. The predicted octanol–water partition coefficient (Wildman–Crippen LogP) is 2.81. The third-order valence-electron chi connectivity index (χ3n) is 2.86. The second-order valence-corrected chi connectivity index (χ2v) is 4.38. The molecule has 2 N–H and O–H groups in total. The zero-order chi connectivity index (χ0) is 15.4. The molecule has 0 spiro atoms. The molecule has 0 bridgehead atoms. The highest BCUT2D eigenvalue weighted by atomic mass is 16.6. The van der Waals surface area contributed by atoms with Crippen LogP contribution in [0.3, 0.4) is 0 Å². The molecule has 2 rings (SSSR count). The summed E-state index contributed by atoms with van der Waals surface area (Å²) in [4.78, 5) is 14.6. The van der Waals surface area contributed by atoms with E-state index < -0.39 is 4.92 Å². The van der Waals surface area contributed by atoms with Crippen molar-refractivity contribution in [2.45, 2.75) is 13.0 Å². The fourth-order valence-electron chi connectivity index (χ4n) is 1.79. The maximum absolute atomic E-state index is 11.1. The van der Waals surface area contributed by atoms with Crippen molar-refractivity contribution >= 4 is 5.69 Å². The number of nitro benzene ring substituents is 1. The van der Waals surface area contributed by atoms with Crippen LogP contribution in [0.1, 0.15) is 18.5 Å². The molecule has 2 aromatic rings. The van der Waals surface area contributed by atoms with Crippen LogP contribution in [-0.4, -0.2) is 17.0 Å². The van der Waals surface area contributed by atoms with Crippen molar-refractivity contribution in [2.75, 3.05) is 7.11 Å².